The molecular formula is C18H17F3N6O. The summed E-state index contributed by atoms with van der Waals surface area (Å²) in [5, 5.41) is 11.1. The number of halogens is 3. The Kier molecular flexibility index (Phi) is 3.97. The molecule has 2 saturated heterocycles. The third-order valence-corrected chi connectivity index (χ3v) is 5.31. The molecule has 146 valence electrons. The van der Waals surface area contributed by atoms with Crippen LogP contribution >= 0.6 is 0 Å². The first-order valence-corrected chi connectivity index (χ1v) is 9.12. The molecule has 0 radical (unpaired) electrons. The highest BCUT2D eigenvalue weighted by atomic mass is 19.4. The van der Waals surface area contributed by atoms with Crippen molar-refractivity contribution in [1.82, 2.24) is 25.1 Å². The van der Waals surface area contributed by atoms with Crippen LogP contribution in [0.25, 0.3) is 22.3 Å². The lowest BCUT2D eigenvalue weighted by Gasteiger charge is -2.29. The first-order valence-electron chi connectivity index (χ1n) is 9.12. The van der Waals surface area contributed by atoms with Gasteiger partial charge in [-0.2, -0.15) is 18.3 Å². The topological polar surface area (TPSA) is 88.6 Å². The van der Waals surface area contributed by atoms with Crippen molar-refractivity contribution in [2.24, 2.45) is 0 Å². The summed E-state index contributed by atoms with van der Waals surface area (Å²) in [7, 11) is 0. The van der Waals surface area contributed by atoms with Gasteiger partial charge in [0.1, 0.15) is 23.5 Å². The van der Waals surface area contributed by atoms with Crippen LogP contribution in [0.3, 0.4) is 0 Å². The van der Waals surface area contributed by atoms with Crippen molar-refractivity contribution in [1.29, 1.82) is 0 Å². The quantitative estimate of drug-likeness (QED) is 0.711. The van der Waals surface area contributed by atoms with Gasteiger partial charge < -0.3 is 10.1 Å². The predicted octanol–water partition coefficient (Wildman–Crippen LogP) is 3.56. The van der Waals surface area contributed by atoms with E-state index >= 15 is 0 Å². The summed E-state index contributed by atoms with van der Waals surface area (Å²) >= 11 is 0. The lowest BCUT2D eigenvalue weighted by Crippen LogP contribution is -2.34. The fraction of sp³-hybridized carbons (Fsp3) is 0.444. The number of anilines is 1. The molecule has 3 aromatic heterocycles. The molecule has 0 saturated carbocycles. The summed E-state index contributed by atoms with van der Waals surface area (Å²) in [5.41, 5.74) is 0.0768. The summed E-state index contributed by atoms with van der Waals surface area (Å²) in [5.74, 6) is 0.583. The van der Waals surface area contributed by atoms with Crippen LogP contribution in [0.5, 0.6) is 0 Å². The number of nitrogens with one attached hydrogen (secondary N) is 2. The molecule has 0 spiro atoms. The molecule has 2 aliphatic rings. The van der Waals surface area contributed by atoms with E-state index in [-0.39, 0.29) is 23.9 Å². The van der Waals surface area contributed by atoms with Gasteiger partial charge in [0, 0.05) is 12.2 Å². The molecule has 28 heavy (non-hydrogen) atoms. The largest absolute Gasteiger partial charge is 0.433 e. The highest BCUT2D eigenvalue weighted by Crippen LogP contribution is 2.36. The van der Waals surface area contributed by atoms with Crippen LogP contribution in [0.4, 0.5) is 19.0 Å². The van der Waals surface area contributed by atoms with Gasteiger partial charge >= 0.3 is 6.18 Å². The number of fused-ring (bicyclic) bond motifs is 3. The van der Waals surface area contributed by atoms with E-state index < -0.39 is 11.9 Å². The summed E-state index contributed by atoms with van der Waals surface area (Å²) < 4.78 is 45.0. The lowest BCUT2D eigenvalue weighted by molar-refractivity contribution is -0.141. The SMILES string of the molecule is FC(F)(F)c1cc(-c2n[nH]c3ccnc(NC4CC5CCC(C4)O5)c23)ncn1. The van der Waals surface area contributed by atoms with E-state index in [1.165, 1.54) is 0 Å². The number of hydrogen-bond acceptors (Lipinski definition) is 6. The Morgan fingerprint density at radius 2 is 1.89 bits per heavy atom. The standard InChI is InChI=1S/C18H17F3N6O/c19-18(20,21)14-7-13(23-8-24-14)16-15-12(26-27-16)3-4-22-17(15)25-9-5-10-1-2-11(6-9)28-10/h3-4,7-11H,1-2,5-6H2,(H,22,25)(H,26,27). The number of alkyl halides is 3. The molecule has 7 nitrogen and oxygen atoms in total. The number of aromatic nitrogens is 5. The number of ether oxygens (including phenoxy) is 1. The van der Waals surface area contributed by atoms with Crippen LogP contribution in [0.1, 0.15) is 31.4 Å². The first-order chi connectivity index (χ1) is 13.5. The molecule has 2 fully saturated rings. The molecule has 5 heterocycles. The Bertz CT molecular complexity index is 1010. The lowest BCUT2D eigenvalue weighted by atomic mass is 10.0. The zero-order chi connectivity index (χ0) is 19.3. The Morgan fingerprint density at radius 3 is 2.64 bits per heavy atom. The van der Waals surface area contributed by atoms with Gasteiger partial charge in [-0.3, -0.25) is 5.10 Å². The van der Waals surface area contributed by atoms with E-state index in [0.717, 1.165) is 38.1 Å². The van der Waals surface area contributed by atoms with Crippen molar-refractivity contribution in [3.8, 4) is 11.4 Å². The number of H-pyrrole nitrogens is 1. The fourth-order valence-corrected chi connectivity index (χ4v) is 4.07. The van der Waals surface area contributed by atoms with Crippen LogP contribution < -0.4 is 5.32 Å². The van der Waals surface area contributed by atoms with Crippen molar-refractivity contribution in [3.05, 3.63) is 30.4 Å². The molecule has 3 aromatic rings. The molecule has 2 N–H and O–H groups in total. The highest BCUT2D eigenvalue weighted by Gasteiger charge is 2.36. The minimum absolute atomic E-state index is 0.0941. The molecule has 2 atom stereocenters. The van der Waals surface area contributed by atoms with Gasteiger partial charge in [-0.25, -0.2) is 15.0 Å². The molecule has 0 amide bonds. The van der Waals surface area contributed by atoms with E-state index in [2.05, 4.69) is 30.5 Å². The van der Waals surface area contributed by atoms with Gasteiger partial charge in [-0.05, 0) is 37.8 Å². The molecular weight excluding hydrogens is 373 g/mol. The number of pyridine rings is 1. The Labute approximate surface area is 157 Å². The second-order valence-electron chi connectivity index (χ2n) is 7.21. The van der Waals surface area contributed by atoms with Crippen molar-refractivity contribution < 1.29 is 17.9 Å². The van der Waals surface area contributed by atoms with Gasteiger partial charge in [0.05, 0.1) is 28.8 Å². The van der Waals surface area contributed by atoms with Gasteiger partial charge in [0.2, 0.25) is 0 Å². The maximum atomic E-state index is 13.0. The molecule has 0 aliphatic carbocycles. The molecule has 0 aromatic carbocycles. The maximum absolute atomic E-state index is 13.0. The number of nitrogens with zero attached hydrogens (tertiary/aromatic N) is 4. The van der Waals surface area contributed by atoms with E-state index in [9.17, 15) is 13.2 Å². The summed E-state index contributed by atoms with van der Waals surface area (Å²) in [4.78, 5) is 11.7. The second-order valence-corrected chi connectivity index (χ2v) is 7.21. The van der Waals surface area contributed by atoms with E-state index in [4.69, 9.17) is 4.74 Å². The van der Waals surface area contributed by atoms with Crippen LogP contribution in [-0.2, 0) is 10.9 Å². The third kappa shape index (κ3) is 3.07. The average molecular weight is 390 g/mol. The summed E-state index contributed by atoms with van der Waals surface area (Å²) in [6.45, 7) is 0. The fourth-order valence-electron chi connectivity index (χ4n) is 4.07. The van der Waals surface area contributed by atoms with Crippen molar-refractivity contribution in [3.63, 3.8) is 0 Å². The molecule has 10 heteroatoms. The number of hydrogen-bond donors (Lipinski definition) is 2. The van der Waals surface area contributed by atoms with Crippen molar-refractivity contribution >= 4 is 16.7 Å². The molecule has 5 rings (SSSR count). The predicted molar refractivity (Wildman–Crippen MR) is 94.5 cm³/mol. The zero-order valence-corrected chi connectivity index (χ0v) is 14.7. The monoisotopic (exact) mass is 390 g/mol. The summed E-state index contributed by atoms with van der Waals surface area (Å²) in [6, 6.07) is 2.83. The van der Waals surface area contributed by atoms with Crippen LogP contribution in [0.2, 0.25) is 0 Å². The van der Waals surface area contributed by atoms with Gasteiger partial charge in [0.25, 0.3) is 0 Å². The van der Waals surface area contributed by atoms with Crippen LogP contribution in [0.15, 0.2) is 24.7 Å². The van der Waals surface area contributed by atoms with E-state index in [1.807, 2.05) is 0 Å². The summed E-state index contributed by atoms with van der Waals surface area (Å²) in [6.07, 6.45) is 2.41. The number of rotatable bonds is 3. The molecule has 2 unspecified atom stereocenters. The van der Waals surface area contributed by atoms with E-state index in [1.54, 1.807) is 12.3 Å². The third-order valence-electron chi connectivity index (χ3n) is 5.31. The van der Waals surface area contributed by atoms with E-state index in [0.29, 0.717) is 22.4 Å². The zero-order valence-electron chi connectivity index (χ0n) is 14.7. The van der Waals surface area contributed by atoms with Crippen LogP contribution in [-0.4, -0.2) is 43.4 Å². The van der Waals surface area contributed by atoms with Gasteiger partial charge in [0.15, 0.2) is 0 Å². The first kappa shape index (κ1) is 17.4. The highest BCUT2D eigenvalue weighted by molar-refractivity contribution is 5.99. The Balaban J connectivity index is 1.53. The van der Waals surface area contributed by atoms with Crippen LogP contribution in [0, 0.1) is 0 Å². The van der Waals surface area contributed by atoms with Gasteiger partial charge in [-0.1, -0.05) is 0 Å². The minimum Gasteiger partial charge on any atom is -0.375 e. The normalized spacial score (nSPS) is 24.6. The second kappa shape index (κ2) is 6.40. The average Bonchev–Trinajstić information content (AvgIpc) is 3.25. The molecule has 2 aliphatic heterocycles. The van der Waals surface area contributed by atoms with Gasteiger partial charge in [-0.15, -0.1) is 0 Å². The minimum atomic E-state index is -4.55. The molecule has 2 bridgehead atoms. The Morgan fingerprint density at radius 1 is 1.11 bits per heavy atom. The Hall–Kier alpha value is -2.75. The smallest absolute Gasteiger partial charge is 0.375 e. The maximum Gasteiger partial charge on any atom is 0.433 e. The van der Waals surface area contributed by atoms with Crippen molar-refractivity contribution in [2.75, 3.05) is 5.32 Å². The number of aromatic amines is 1. The van der Waals surface area contributed by atoms with Crippen molar-refractivity contribution in [2.45, 2.75) is 50.1 Å².